The van der Waals surface area contributed by atoms with Gasteiger partial charge >= 0.3 is 0 Å². The number of hydrogen-bond acceptors (Lipinski definition) is 3. The summed E-state index contributed by atoms with van der Waals surface area (Å²) in [5.74, 6) is 0.497. The van der Waals surface area contributed by atoms with Gasteiger partial charge in [-0.2, -0.15) is 0 Å². The van der Waals surface area contributed by atoms with E-state index in [9.17, 15) is 4.79 Å². The standard InChI is InChI=1S/C13H12O3/c1-9-3-4-11(12(7-9)15-2)13(14)10-5-6-16-8-10/h3-8H,1-2H3. The van der Waals surface area contributed by atoms with Crippen molar-refractivity contribution in [3.05, 3.63) is 53.5 Å². The van der Waals surface area contributed by atoms with Crippen LogP contribution in [0, 0.1) is 6.92 Å². The Bertz CT molecular complexity index is 498. The van der Waals surface area contributed by atoms with E-state index in [1.807, 2.05) is 19.1 Å². The van der Waals surface area contributed by atoms with Gasteiger partial charge in [-0.1, -0.05) is 6.07 Å². The summed E-state index contributed by atoms with van der Waals surface area (Å²) in [6.45, 7) is 1.95. The molecule has 0 aliphatic heterocycles. The van der Waals surface area contributed by atoms with Crippen LogP contribution in [0.2, 0.25) is 0 Å². The number of hydrogen-bond donors (Lipinski definition) is 0. The molecule has 1 aromatic carbocycles. The Hall–Kier alpha value is -2.03. The second kappa shape index (κ2) is 4.23. The molecule has 16 heavy (non-hydrogen) atoms. The maximum absolute atomic E-state index is 12.1. The van der Waals surface area contributed by atoms with Gasteiger partial charge in [0.15, 0.2) is 5.78 Å². The highest BCUT2D eigenvalue weighted by Gasteiger charge is 2.15. The molecular formula is C13H12O3. The van der Waals surface area contributed by atoms with Crippen LogP contribution < -0.4 is 4.74 Å². The van der Waals surface area contributed by atoms with Crippen LogP contribution in [0.25, 0.3) is 0 Å². The van der Waals surface area contributed by atoms with Crippen molar-refractivity contribution in [3.63, 3.8) is 0 Å². The number of benzene rings is 1. The van der Waals surface area contributed by atoms with Crippen molar-refractivity contribution in [1.29, 1.82) is 0 Å². The molecule has 0 saturated carbocycles. The molecule has 0 aliphatic carbocycles. The van der Waals surface area contributed by atoms with E-state index in [1.165, 1.54) is 12.5 Å². The third kappa shape index (κ3) is 1.84. The molecule has 0 fully saturated rings. The van der Waals surface area contributed by atoms with Gasteiger partial charge in [0.25, 0.3) is 0 Å². The maximum atomic E-state index is 12.1. The smallest absolute Gasteiger partial charge is 0.199 e. The quantitative estimate of drug-likeness (QED) is 0.740. The number of furan rings is 1. The van der Waals surface area contributed by atoms with Crippen LogP contribution in [-0.2, 0) is 0 Å². The summed E-state index contributed by atoms with van der Waals surface area (Å²) in [5, 5.41) is 0. The lowest BCUT2D eigenvalue weighted by molar-refractivity contribution is 0.103. The molecule has 0 bridgehead atoms. The monoisotopic (exact) mass is 216 g/mol. The van der Waals surface area contributed by atoms with Gasteiger partial charge < -0.3 is 9.15 Å². The summed E-state index contributed by atoms with van der Waals surface area (Å²) in [6.07, 6.45) is 2.91. The lowest BCUT2D eigenvalue weighted by Gasteiger charge is -2.07. The first-order valence-corrected chi connectivity index (χ1v) is 4.94. The molecule has 2 rings (SSSR count). The molecule has 0 amide bonds. The molecule has 82 valence electrons. The number of carbonyl (C=O) groups excluding carboxylic acids is 1. The molecule has 3 nitrogen and oxygen atoms in total. The average molecular weight is 216 g/mol. The number of methoxy groups -OCH3 is 1. The number of ether oxygens (including phenoxy) is 1. The number of aryl methyl sites for hydroxylation is 1. The van der Waals surface area contributed by atoms with Gasteiger partial charge in [0.2, 0.25) is 0 Å². The van der Waals surface area contributed by atoms with Crippen molar-refractivity contribution >= 4 is 5.78 Å². The highest BCUT2D eigenvalue weighted by Crippen LogP contribution is 2.23. The van der Waals surface area contributed by atoms with E-state index in [1.54, 1.807) is 19.2 Å². The topological polar surface area (TPSA) is 39.4 Å². The summed E-state index contributed by atoms with van der Waals surface area (Å²) < 4.78 is 10.1. The molecule has 1 heterocycles. The zero-order valence-electron chi connectivity index (χ0n) is 9.19. The Balaban J connectivity index is 2.44. The molecule has 0 aliphatic rings. The van der Waals surface area contributed by atoms with Gasteiger partial charge in [-0.25, -0.2) is 0 Å². The third-order valence-electron chi connectivity index (χ3n) is 2.39. The second-order valence-corrected chi connectivity index (χ2v) is 3.54. The highest BCUT2D eigenvalue weighted by atomic mass is 16.5. The largest absolute Gasteiger partial charge is 0.496 e. The van der Waals surface area contributed by atoms with Crippen molar-refractivity contribution < 1.29 is 13.9 Å². The highest BCUT2D eigenvalue weighted by molar-refractivity contribution is 6.10. The SMILES string of the molecule is COc1cc(C)ccc1C(=O)c1ccoc1. The molecule has 0 radical (unpaired) electrons. The fourth-order valence-electron chi connectivity index (χ4n) is 1.54. The first-order chi connectivity index (χ1) is 7.72. The van der Waals surface area contributed by atoms with E-state index in [2.05, 4.69) is 0 Å². The van der Waals surface area contributed by atoms with Gasteiger partial charge in [-0.15, -0.1) is 0 Å². The molecule has 0 spiro atoms. The molecule has 0 unspecified atom stereocenters. The van der Waals surface area contributed by atoms with Crippen LogP contribution in [0.15, 0.2) is 41.2 Å². The van der Waals surface area contributed by atoms with Crippen molar-refractivity contribution in [2.75, 3.05) is 7.11 Å². The van der Waals surface area contributed by atoms with E-state index in [-0.39, 0.29) is 5.78 Å². The number of carbonyl (C=O) groups is 1. The maximum Gasteiger partial charge on any atom is 0.199 e. The van der Waals surface area contributed by atoms with Gasteiger partial charge in [-0.05, 0) is 30.7 Å². The minimum Gasteiger partial charge on any atom is -0.496 e. The van der Waals surface area contributed by atoms with E-state index >= 15 is 0 Å². The molecule has 0 N–H and O–H groups in total. The molecular weight excluding hydrogens is 204 g/mol. The first-order valence-electron chi connectivity index (χ1n) is 4.94. The Morgan fingerprint density at radius 2 is 2.12 bits per heavy atom. The number of rotatable bonds is 3. The minimum absolute atomic E-state index is 0.0920. The van der Waals surface area contributed by atoms with Gasteiger partial charge in [0.05, 0.1) is 24.5 Å². The Morgan fingerprint density at radius 3 is 2.75 bits per heavy atom. The Morgan fingerprint density at radius 1 is 1.31 bits per heavy atom. The fourth-order valence-corrected chi connectivity index (χ4v) is 1.54. The van der Waals surface area contributed by atoms with Gasteiger partial charge in [0, 0.05) is 0 Å². The summed E-state index contributed by atoms with van der Waals surface area (Å²) in [5.41, 5.74) is 2.14. The molecule has 0 atom stereocenters. The predicted octanol–water partition coefficient (Wildman–Crippen LogP) is 2.83. The summed E-state index contributed by atoms with van der Waals surface area (Å²) in [7, 11) is 1.56. The summed E-state index contributed by atoms with van der Waals surface area (Å²) in [6, 6.07) is 7.13. The van der Waals surface area contributed by atoms with Gasteiger partial charge in [-0.3, -0.25) is 4.79 Å². The molecule has 1 aromatic heterocycles. The summed E-state index contributed by atoms with van der Waals surface area (Å²) in [4.78, 5) is 12.1. The average Bonchev–Trinajstić information content (AvgIpc) is 2.81. The van der Waals surface area contributed by atoms with Crippen LogP contribution in [0.1, 0.15) is 21.5 Å². The Kier molecular flexibility index (Phi) is 2.77. The van der Waals surface area contributed by atoms with E-state index in [0.29, 0.717) is 16.9 Å². The van der Waals surface area contributed by atoms with Crippen LogP contribution in [0.4, 0.5) is 0 Å². The lowest BCUT2D eigenvalue weighted by Crippen LogP contribution is -2.02. The van der Waals surface area contributed by atoms with Crippen molar-refractivity contribution in [1.82, 2.24) is 0 Å². The third-order valence-corrected chi connectivity index (χ3v) is 2.39. The molecule has 2 aromatic rings. The lowest BCUT2D eigenvalue weighted by atomic mass is 10.0. The van der Waals surface area contributed by atoms with Crippen molar-refractivity contribution in [2.24, 2.45) is 0 Å². The normalized spacial score (nSPS) is 10.1. The van der Waals surface area contributed by atoms with Crippen LogP contribution in [0.5, 0.6) is 5.75 Å². The summed E-state index contributed by atoms with van der Waals surface area (Å²) >= 11 is 0. The number of ketones is 1. The first kappa shape index (κ1) is 10.5. The van der Waals surface area contributed by atoms with Gasteiger partial charge in [0.1, 0.15) is 12.0 Å². The molecule has 0 saturated heterocycles. The van der Waals surface area contributed by atoms with E-state index < -0.39 is 0 Å². The van der Waals surface area contributed by atoms with E-state index in [0.717, 1.165) is 5.56 Å². The van der Waals surface area contributed by atoms with Crippen molar-refractivity contribution in [3.8, 4) is 5.75 Å². The van der Waals surface area contributed by atoms with Crippen molar-refractivity contribution in [2.45, 2.75) is 6.92 Å². The zero-order chi connectivity index (χ0) is 11.5. The van der Waals surface area contributed by atoms with Crippen LogP contribution in [0.3, 0.4) is 0 Å². The van der Waals surface area contributed by atoms with E-state index in [4.69, 9.17) is 9.15 Å². The predicted molar refractivity (Wildman–Crippen MR) is 59.9 cm³/mol. The second-order valence-electron chi connectivity index (χ2n) is 3.54. The molecule has 3 heteroatoms. The minimum atomic E-state index is -0.0920. The zero-order valence-corrected chi connectivity index (χ0v) is 9.19. The Labute approximate surface area is 93.7 Å². The van der Waals surface area contributed by atoms with Crippen LogP contribution >= 0.6 is 0 Å². The van der Waals surface area contributed by atoms with Crippen LogP contribution in [-0.4, -0.2) is 12.9 Å². The fraction of sp³-hybridized carbons (Fsp3) is 0.154.